The van der Waals surface area contributed by atoms with E-state index in [1.807, 2.05) is 69.6 Å². The highest BCUT2D eigenvalue weighted by Crippen LogP contribution is 2.12. The van der Waals surface area contributed by atoms with Crippen molar-refractivity contribution in [2.45, 2.75) is 6.54 Å². The second-order valence-electron chi connectivity index (χ2n) is 4.30. The number of hydrogen-bond donors (Lipinski definition) is 0. The summed E-state index contributed by atoms with van der Waals surface area (Å²) in [6.45, 7) is 0.359. The van der Waals surface area contributed by atoms with Crippen LogP contribution < -0.4 is 9.13 Å². The van der Waals surface area contributed by atoms with Gasteiger partial charge in [0.1, 0.15) is 12.3 Å². The fraction of sp³-hybridized carbons (Fsp3) is 0.143. The van der Waals surface area contributed by atoms with E-state index in [2.05, 4.69) is 11.2 Å². The highest BCUT2D eigenvalue weighted by molar-refractivity contribution is 5.51. The molecule has 3 heterocycles. The molecular formula is C14H13N5+2. The van der Waals surface area contributed by atoms with E-state index in [1.165, 1.54) is 0 Å². The largest absolute Gasteiger partial charge is 0.310 e. The van der Waals surface area contributed by atoms with Gasteiger partial charge in [0, 0.05) is 18.2 Å². The Labute approximate surface area is 110 Å². The summed E-state index contributed by atoms with van der Waals surface area (Å²) in [6.07, 6.45) is 5.71. The number of nitriles is 1. The number of hydrogen-bond acceptors (Lipinski definition) is 2. The predicted octanol–water partition coefficient (Wildman–Crippen LogP) is 0.637. The monoisotopic (exact) mass is 251 g/mol. The van der Waals surface area contributed by atoms with Crippen LogP contribution in [0.5, 0.6) is 0 Å². The van der Waals surface area contributed by atoms with Crippen LogP contribution in [0.3, 0.4) is 0 Å². The Morgan fingerprint density at radius 2 is 2.05 bits per heavy atom. The molecule has 0 bridgehead atoms. The van der Waals surface area contributed by atoms with Gasteiger partial charge >= 0.3 is 5.82 Å². The molecule has 0 aliphatic heterocycles. The molecule has 0 N–H and O–H groups in total. The van der Waals surface area contributed by atoms with Crippen molar-refractivity contribution < 1.29 is 9.13 Å². The van der Waals surface area contributed by atoms with Crippen molar-refractivity contribution >= 4 is 5.65 Å². The van der Waals surface area contributed by atoms with E-state index >= 15 is 0 Å². The molecule has 0 radical (unpaired) electrons. The first-order valence-corrected chi connectivity index (χ1v) is 5.99. The van der Waals surface area contributed by atoms with Gasteiger partial charge in [-0.05, 0) is 6.07 Å². The number of pyridine rings is 2. The van der Waals surface area contributed by atoms with E-state index in [-0.39, 0.29) is 0 Å². The normalized spacial score (nSPS) is 10.5. The summed E-state index contributed by atoms with van der Waals surface area (Å²) in [4.78, 5) is 0. The fourth-order valence-electron chi connectivity index (χ4n) is 2.10. The first kappa shape index (κ1) is 11.4. The second kappa shape index (κ2) is 4.50. The second-order valence-corrected chi connectivity index (χ2v) is 4.30. The Morgan fingerprint density at radius 3 is 2.74 bits per heavy atom. The zero-order valence-electron chi connectivity index (χ0n) is 10.6. The van der Waals surface area contributed by atoms with Gasteiger partial charge in [-0.25, -0.2) is 4.57 Å². The number of rotatable bonds is 2. The van der Waals surface area contributed by atoms with Crippen molar-refractivity contribution in [1.29, 1.82) is 5.26 Å². The average Bonchev–Trinajstić information content (AvgIpc) is 2.78. The van der Waals surface area contributed by atoms with E-state index in [0.717, 1.165) is 17.0 Å². The predicted molar refractivity (Wildman–Crippen MR) is 67.6 cm³/mol. The number of aryl methyl sites for hydroxylation is 1. The van der Waals surface area contributed by atoms with Crippen molar-refractivity contribution in [3.8, 4) is 17.5 Å². The first-order valence-electron chi connectivity index (χ1n) is 5.99. The van der Waals surface area contributed by atoms with E-state index in [0.29, 0.717) is 6.54 Å². The maximum absolute atomic E-state index is 8.65. The molecule has 3 aromatic heterocycles. The first-order chi connectivity index (χ1) is 9.29. The van der Waals surface area contributed by atoms with E-state index in [1.54, 1.807) is 0 Å². The molecule has 3 aromatic rings. The summed E-state index contributed by atoms with van der Waals surface area (Å²) in [5.74, 6) is 0.898. The summed E-state index contributed by atoms with van der Waals surface area (Å²) in [7, 11) is 1.99. The number of fused-ring (bicyclic) bond motifs is 1. The summed E-state index contributed by atoms with van der Waals surface area (Å²) in [5.41, 5.74) is 2.06. The minimum absolute atomic E-state index is 0.359. The molecule has 0 atom stereocenters. The highest BCUT2D eigenvalue weighted by atomic mass is 15.3. The van der Waals surface area contributed by atoms with E-state index < -0.39 is 0 Å². The average molecular weight is 251 g/mol. The zero-order chi connectivity index (χ0) is 13.2. The molecule has 0 fully saturated rings. The molecule has 5 heteroatoms. The smallest absolute Gasteiger partial charge is 0.226 e. The lowest BCUT2D eigenvalue weighted by molar-refractivity contribution is -0.685. The quantitative estimate of drug-likeness (QED) is 0.627. The maximum Gasteiger partial charge on any atom is 0.310 e. The molecule has 0 aliphatic carbocycles. The summed E-state index contributed by atoms with van der Waals surface area (Å²) < 4.78 is 5.73. The Hall–Kier alpha value is -2.74. The molecule has 0 saturated carbocycles. The highest BCUT2D eigenvalue weighted by Gasteiger charge is 2.19. The van der Waals surface area contributed by atoms with Gasteiger partial charge in [0.2, 0.25) is 6.54 Å². The summed E-state index contributed by atoms with van der Waals surface area (Å²) >= 11 is 0. The third kappa shape index (κ3) is 1.93. The van der Waals surface area contributed by atoms with Gasteiger partial charge in [0.25, 0.3) is 5.65 Å². The van der Waals surface area contributed by atoms with Crippen molar-refractivity contribution in [2.24, 2.45) is 7.05 Å². The van der Waals surface area contributed by atoms with Crippen molar-refractivity contribution in [2.75, 3.05) is 0 Å². The number of nitrogens with zero attached hydrogens (tertiary/aromatic N) is 5. The molecule has 19 heavy (non-hydrogen) atoms. The van der Waals surface area contributed by atoms with Crippen LogP contribution >= 0.6 is 0 Å². The Kier molecular flexibility index (Phi) is 2.69. The summed E-state index contributed by atoms with van der Waals surface area (Å²) in [5, 5.41) is 13.2. The molecular weight excluding hydrogens is 238 g/mol. The number of aromatic nitrogens is 4. The van der Waals surface area contributed by atoms with Crippen molar-refractivity contribution in [3.05, 3.63) is 48.9 Å². The van der Waals surface area contributed by atoms with E-state index in [4.69, 9.17) is 5.26 Å². The van der Waals surface area contributed by atoms with Gasteiger partial charge < -0.3 is 0 Å². The van der Waals surface area contributed by atoms with Gasteiger partial charge in [-0.15, -0.1) is 0 Å². The minimum atomic E-state index is 0.359. The third-order valence-electron chi connectivity index (χ3n) is 3.08. The maximum atomic E-state index is 8.65. The lowest BCUT2D eigenvalue weighted by atomic mass is 10.2. The molecule has 3 rings (SSSR count). The van der Waals surface area contributed by atoms with Gasteiger partial charge in [-0.1, -0.05) is 10.6 Å². The SMILES string of the molecule is C[n+]1c(-c2cc[n+](CC#N)cc2)nn2ccccc21. The van der Waals surface area contributed by atoms with Crippen LogP contribution in [0.4, 0.5) is 0 Å². The van der Waals surface area contributed by atoms with Crippen LogP contribution in [0.1, 0.15) is 0 Å². The van der Waals surface area contributed by atoms with Gasteiger partial charge in [0.05, 0.1) is 17.7 Å². The van der Waals surface area contributed by atoms with Gasteiger partial charge in [-0.2, -0.15) is 9.83 Å². The third-order valence-corrected chi connectivity index (χ3v) is 3.08. The lowest BCUT2D eigenvalue weighted by Crippen LogP contribution is -2.33. The molecule has 0 aliphatic rings. The standard InChI is InChI=1S/C14H13N5/c1-17-13-4-2-3-8-19(13)16-14(17)12-5-9-18(10-6-12)11-7-15/h2-6,8-10H,11H2,1H3/q+2. The Balaban J connectivity index is 2.09. The van der Waals surface area contributed by atoms with Crippen LogP contribution in [0, 0.1) is 11.3 Å². The Bertz CT molecular complexity index is 765. The zero-order valence-corrected chi connectivity index (χ0v) is 10.6. The molecule has 92 valence electrons. The molecule has 5 nitrogen and oxygen atoms in total. The molecule has 0 aromatic carbocycles. The molecule has 0 unspecified atom stereocenters. The van der Waals surface area contributed by atoms with Crippen LogP contribution in [0.25, 0.3) is 17.0 Å². The van der Waals surface area contributed by atoms with Crippen molar-refractivity contribution in [1.82, 2.24) is 9.61 Å². The van der Waals surface area contributed by atoms with Crippen LogP contribution in [0.15, 0.2) is 48.9 Å². The lowest BCUT2D eigenvalue weighted by Gasteiger charge is -1.93. The van der Waals surface area contributed by atoms with Crippen LogP contribution in [-0.4, -0.2) is 9.61 Å². The van der Waals surface area contributed by atoms with Gasteiger partial charge in [-0.3, -0.25) is 0 Å². The molecule has 0 spiro atoms. The molecule has 0 saturated heterocycles. The minimum Gasteiger partial charge on any atom is -0.226 e. The van der Waals surface area contributed by atoms with Crippen molar-refractivity contribution in [3.63, 3.8) is 0 Å². The van der Waals surface area contributed by atoms with Crippen LogP contribution in [0.2, 0.25) is 0 Å². The van der Waals surface area contributed by atoms with Gasteiger partial charge in [0.15, 0.2) is 12.4 Å². The summed E-state index contributed by atoms with van der Waals surface area (Å²) in [6, 6.07) is 12.0. The Morgan fingerprint density at radius 1 is 1.26 bits per heavy atom. The molecule has 0 amide bonds. The topological polar surface area (TPSA) is 48.8 Å². The van der Waals surface area contributed by atoms with E-state index in [9.17, 15) is 0 Å². The fourth-order valence-corrected chi connectivity index (χ4v) is 2.10. The van der Waals surface area contributed by atoms with Crippen LogP contribution in [-0.2, 0) is 13.6 Å².